The van der Waals surface area contributed by atoms with Crippen LogP contribution in [0.15, 0.2) is 23.8 Å². The molecular weight excluding hydrogens is 619 g/mol. The van der Waals surface area contributed by atoms with Crippen LogP contribution in [-0.2, 0) is 14.3 Å². The zero-order chi connectivity index (χ0) is 27.9. The van der Waals surface area contributed by atoms with Gasteiger partial charge in [-0.25, -0.2) is 0 Å². The quantitative estimate of drug-likeness (QED) is 0.258. The van der Waals surface area contributed by atoms with Crippen molar-refractivity contribution in [1.82, 2.24) is 10.2 Å². The summed E-state index contributed by atoms with van der Waals surface area (Å²) in [6.07, 6.45) is 5.89. The number of hydrogen-bond donors (Lipinski definition) is 3. The van der Waals surface area contributed by atoms with Gasteiger partial charge in [0.1, 0.15) is 24.6 Å². The van der Waals surface area contributed by atoms with Gasteiger partial charge in [-0.15, -0.1) is 0 Å². The van der Waals surface area contributed by atoms with Crippen LogP contribution in [-0.4, -0.2) is 90.5 Å². The van der Waals surface area contributed by atoms with Crippen molar-refractivity contribution in [2.75, 3.05) is 26.9 Å². The lowest BCUT2D eigenvalue weighted by atomic mass is 9.84. The maximum Gasteiger partial charge on any atom is 0.252 e. The molecule has 4 atom stereocenters. The van der Waals surface area contributed by atoms with Gasteiger partial charge in [0, 0.05) is 36.8 Å². The topological polar surface area (TPSA) is 135 Å². The third-order valence-electron chi connectivity index (χ3n) is 7.64. The largest absolute Gasteiger partial charge is 0.493 e. The van der Waals surface area contributed by atoms with Crippen LogP contribution < -0.4 is 14.8 Å². The van der Waals surface area contributed by atoms with E-state index >= 15 is 0 Å². The van der Waals surface area contributed by atoms with Crippen molar-refractivity contribution in [2.24, 2.45) is 0 Å². The predicted molar refractivity (Wildman–Crippen MR) is 151 cm³/mol. The molecule has 0 bridgehead atoms. The number of benzene rings is 1. The highest BCUT2D eigenvalue weighted by molar-refractivity contribution is 14.1. The molecule has 10 nitrogen and oxygen atoms in total. The van der Waals surface area contributed by atoms with Crippen LogP contribution in [0.25, 0.3) is 0 Å². The molecule has 11 heteroatoms. The molecular formula is C28H37IN2O8. The lowest BCUT2D eigenvalue weighted by Gasteiger charge is -2.46. The molecule has 3 aliphatic rings. The first kappa shape index (κ1) is 29.8. The van der Waals surface area contributed by atoms with Gasteiger partial charge in [-0.3, -0.25) is 14.4 Å². The van der Waals surface area contributed by atoms with E-state index in [0.717, 1.165) is 38.5 Å². The Morgan fingerprint density at radius 3 is 2.62 bits per heavy atom. The van der Waals surface area contributed by atoms with Gasteiger partial charge in [0.15, 0.2) is 11.5 Å². The smallest absolute Gasteiger partial charge is 0.252 e. The zero-order valence-corrected chi connectivity index (χ0v) is 24.3. The fourth-order valence-electron chi connectivity index (χ4n) is 5.72. The summed E-state index contributed by atoms with van der Waals surface area (Å²) in [7, 11) is 1.46. The summed E-state index contributed by atoms with van der Waals surface area (Å²) in [5.74, 6) is 0.106. The maximum absolute atomic E-state index is 13.9. The summed E-state index contributed by atoms with van der Waals surface area (Å²) in [5.41, 5.74) is 0.777. The molecule has 39 heavy (non-hydrogen) atoms. The number of aliphatic hydroxyl groups excluding tert-OH is 2. The third-order valence-corrected chi connectivity index (χ3v) is 8.44. The van der Waals surface area contributed by atoms with E-state index in [0.29, 0.717) is 45.5 Å². The lowest BCUT2D eigenvalue weighted by molar-refractivity contribution is -0.152. The number of carbonyl (C=O) groups is 3. The molecule has 214 valence electrons. The molecule has 1 saturated carbocycles. The first-order valence-corrected chi connectivity index (χ1v) is 14.7. The lowest BCUT2D eigenvalue weighted by Crippen LogP contribution is -2.60. The van der Waals surface area contributed by atoms with E-state index in [-0.39, 0.29) is 37.4 Å². The zero-order valence-electron chi connectivity index (χ0n) is 22.1. The Morgan fingerprint density at radius 2 is 1.97 bits per heavy atom. The summed E-state index contributed by atoms with van der Waals surface area (Å²) < 4.78 is 18.1. The summed E-state index contributed by atoms with van der Waals surface area (Å²) in [6, 6.07) is 2.40. The SMILES string of the molecule is COc1cc(C=O)cc(I)c1O[C@H]1C=C(C(=O)NCCO)C[C@@H](N(C(=O)C2CCCO2)C2CCCCC2)[C@@H]1O. The average Bonchev–Trinajstić information content (AvgIpc) is 3.50. The van der Waals surface area contributed by atoms with Crippen LogP contribution in [0.5, 0.6) is 11.5 Å². The summed E-state index contributed by atoms with van der Waals surface area (Å²) in [4.78, 5) is 40.1. The number of hydrogen-bond acceptors (Lipinski definition) is 8. The minimum Gasteiger partial charge on any atom is -0.493 e. The number of halogens is 1. The summed E-state index contributed by atoms with van der Waals surface area (Å²) >= 11 is 2.03. The Balaban J connectivity index is 1.71. The molecule has 0 spiro atoms. The summed E-state index contributed by atoms with van der Waals surface area (Å²) in [5, 5.41) is 23.7. The molecule has 1 aliphatic heterocycles. The van der Waals surface area contributed by atoms with Gasteiger partial charge in [-0.2, -0.15) is 0 Å². The van der Waals surface area contributed by atoms with Gasteiger partial charge >= 0.3 is 0 Å². The van der Waals surface area contributed by atoms with Crippen LogP contribution >= 0.6 is 22.6 Å². The second kappa shape index (κ2) is 13.9. The molecule has 0 aromatic heterocycles. The Labute approximate surface area is 242 Å². The molecule has 2 amide bonds. The van der Waals surface area contributed by atoms with Gasteiger partial charge in [0.25, 0.3) is 5.91 Å². The maximum atomic E-state index is 13.9. The molecule has 2 fully saturated rings. The number of rotatable bonds is 10. The highest BCUT2D eigenvalue weighted by Crippen LogP contribution is 2.38. The summed E-state index contributed by atoms with van der Waals surface area (Å²) in [6.45, 7) is 0.391. The minimum atomic E-state index is -1.14. The highest BCUT2D eigenvalue weighted by Gasteiger charge is 2.45. The van der Waals surface area contributed by atoms with E-state index < -0.39 is 24.4 Å². The number of methoxy groups -OCH3 is 1. The van der Waals surface area contributed by atoms with Crippen LogP contribution in [0.3, 0.4) is 0 Å². The number of ether oxygens (including phenoxy) is 3. The van der Waals surface area contributed by atoms with Gasteiger partial charge in [-0.1, -0.05) is 19.3 Å². The average molecular weight is 657 g/mol. The Morgan fingerprint density at radius 1 is 1.21 bits per heavy atom. The first-order valence-electron chi connectivity index (χ1n) is 13.6. The van der Waals surface area contributed by atoms with Crippen LogP contribution in [0.1, 0.15) is 61.7 Å². The van der Waals surface area contributed by atoms with Crippen molar-refractivity contribution in [2.45, 2.75) is 81.8 Å². The van der Waals surface area contributed by atoms with Crippen molar-refractivity contribution in [3.05, 3.63) is 32.9 Å². The minimum absolute atomic E-state index is 0.0721. The molecule has 0 radical (unpaired) electrons. The highest BCUT2D eigenvalue weighted by atomic mass is 127. The monoisotopic (exact) mass is 656 g/mol. The normalized spacial score (nSPS) is 25.5. The number of aliphatic hydroxyl groups is 2. The van der Waals surface area contributed by atoms with Crippen LogP contribution in [0.4, 0.5) is 0 Å². The Bertz CT molecular complexity index is 1070. The van der Waals surface area contributed by atoms with Crippen molar-refractivity contribution >= 4 is 40.7 Å². The molecule has 2 aliphatic carbocycles. The fraction of sp³-hybridized carbons (Fsp3) is 0.607. The molecule has 1 unspecified atom stereocenters. The van der Waals surface area contributed by atoms with Crippen molar-refractivity contribution in [1.29, 1.82) is 0 Å². The Hall–Kier alpha value is -2.22. The van der Waals surface area contributed by atoms with E-state index in [1.165, 1.54) is 7.11 Å². The number of nitrogens with zero attached hydrogens (tertiary/aromatic N) is 1. The van der Waals surface area contributed by atoms with E-state index in [4.69, 9.17) is 14.2 Å². The third kappa shape index (κ3) is 6.93. The van der Waals surface area contributed by atoms with Gasteiger partial charge in [0.2, 0.25) is 5.91 Å². The van der Waals surface area contributed by atoms with Crippen LogP contribution in [0.2, 0.25) is 0 Å². The molecule has 1 aromatic carbocycles. The Kier molecular flexibility index (Phi) is 10.6. The number of amides is 2. The molecule has 1 saturated heterocycles. The van der Waals surface area contributed by atoms with Gasteiger partial charge in [-0.05, 0) is 66.5 Å². The van der Waals surface area contributed by atoms with E-state index in [9.17, 15) is 24.6 Å². The standard InChI is InChI=1S/C28H37IN2O8/c1-37-24-13-17(16-33)12-20(29)26(24)39-23-15-18(27(35)30-9-10-32)14-21(25(23)34)31(19-6-3-2-4-7-19)28(36)22-8-5-11-38-22/h12-13,15-16,19,21-23,25,32,34H,2-11,14H2,1H3,(H,30,35)/t21-,22?,23+,25+/m1/s1. The second-order valence-corrected chi connectivity index (χ2v) is 11.4. The molecule has 3 N–H and O–H groups in total. The van der Waals surface area contributed by atoms with Gasteiger partial charge in [0.05, 0.1) is 23.3 Å². The fourth-order valence-corrected chi connectivity index (χ4v) is 6.47. The molecule has 1 heterocycles. The molecule has 4 rings (SSSR count). The van der Waals surface area contributed by atoms with Crippen molar-refractivity contribution < 1.29 is 38.8 Å². The number of carbonyl (C=O) groups excluding carboxylic acids is 3. The number of nitrogens with one attached hydrogen (secondary N) is 1. The van der Waals surface area contributed by atoms with Gasteiger partial charge < -0.3 is 34.6 Å². The van der Waals surface area contributed by atoms with Crippen LogP contribution in [0, 0.1) is 3.57 Å². The predicted octanol–water partition coefficient (Wildman–Crippen LogP) is 2.37. The van der Waals surface area contributed by atoms with E-state index in [2.05, 4.69) is 5.32 Å². The van der Waals surface area contributed by atoms with E-state index in [1.807, 2.05) is 22.6 Å². The molecule has 1 aromatic rings. The second-order valence-electron chi connectivity index (χ2n) is 10.2. The number of aldehydes is 1. The van der Waals surface area contributed by atoms with Crippen molar-refractivity contribution in [3.8, 4) is 11.5 Å². The van der Waals surface area contributed by atoms with Crippen molar-refractivity contribution in [3.63, 3.8) is 0 Å². The first-order chi connectivity index (χ1) is 18.9. The van der Waals surface area contributed by atoms with E-state index in [1.54, 1.807) is 23.1 Å².